The van der Waals surface area contributed by atoms with Gasteiger partial charge in [-0.3, -0.25) is 9.78 Å². The summed E-state index contributed by atoms with van der Waals surface area (Å²) in [6.07, 6.45) is -1.12. The van der Waals surface area contributed by atoms with Crippen molar-refractivity contribution in [1.82, 2.24) is 4.98 Å². The minimum atomic E-state index is -4.75. The molecule has 0 fully saturated rings. The summed E-state index contributed by atoms with van der Waals surface area (Å²) in [5.74, 6) is -1.07. The number of ether oxygens (including phenoxy) is 1. The third kappa shape index (κ3) is 7.19. The highest BCUT2D eigenvalue weighted by atomic mass is 35.5. The summed E-state index contributed by atoms with van der Waals surface area (Å²) < 4.78 is 43.9. The number of thioether (sulfide) groups is 1. The molecule has 10 heteroatoms. The first-order chi connectivity index (χ1) is 12.0. The first-order valence-electron chi connectivity index (χ1n) is 7.20. The van der Waals surface area contributed by atoms with E-state index in [-0.39, 0.29) is 5.04 Å². The van der Waals surface area contributed by atoms with E-state index >= 15 is 0 Å². The van der Waals surface area contributed by atoms with E-state index in [9.17, 15) is 18.0 Å². The zero-order valence-corrected chi connectivity index (χ0v) is 15.6. The Morgan fingerprint density at radius 1 is 1.50 bits per heavy atom. The van der Waals surface area contributed by atoms with Crippen LogP contribution in [0.1, 0.15) is 18.1 Å². The highest BCUT2D eigenvalue weighted by Gasteiger charge is 2.34. The Morgan fingerprint density at radius 3 is 2.69 bits per heavy atom. The molecular weight excluding hydrogens is 391 g/mol. The molecule has 0 amide bonds. The van der Waals surface area contributed by atoms with Crippen LogP contribution in [0.5, 0.6) is 0 Å². The van der Waals surface area contributed by atoms with Crippen LogP contribution in [0.2, 0.25) is 5.02 Å². The summed E-state index contributed by atoms with van der Waals surface area (Å²) >= 11 is 7.13. The molecule has 0 atom stereocenters. The molecule has 5 nitrogen and oxygen atoms in total. The Morgan fingerprint density at radius 2 is 2.15 bits per heavy atom. The largest absolute Gasteiger partial charge is 0.433 e. The topological polar surface area (TPSA) is 77.6 Å². The fraction of sp³-hybridized carbons (Fsp3) is 0.312. The fourth-order valence-corrected chi connectivity index (χ4v) is 2.92. The number of nitrogens with two attached hydrogens (primary N) is 1. The minimum Gasteiger partial charge on any atom is -0.426 e. The number of carbonyl (C=O) groups excluding carboxylic acids is 1. The van der Waals surface area contributed by atoms with E-state index in [1.165, 1.54) is 13.1 Å². The molecule has 1 aromatic rings. The molecule has 26 heavy (non-hydrogen) atoms. The highest BCUT2D eigenvalue weighted by Crippen LogP contribution is 2.30. The number of halogens is 4. The number of pyridine rings is 1. The molecule has 2 N–H and O–H groups in total. The quantitative estimate of drug-likeness (QED) is 0.252. The predicted octanol–water partition coefficient (Wildman–Crippen LogP) is 4.16. The molecule has 0 aliphatic heterocycles. The van der Waals surface area contributed by atoms with Crippen LogP contribution in [0, 0.1) is 6.92 Å². The molecule has 0 saturated carbocycles. The summed E-state index contributed by atoms with van der Waals surface area (Å²) in [5.41, 5.74) is 5.38. The molecule has 0 aromatic carbocycles. The van der Waals surface area contributed by atoms with Gasteiger partial charge in [0.25, 0.3) is 0 Å². The summed E-state index contributed by atoms with van der Waals surface area (Å²) in [6, 6.07) is 0. The maximum Gasteiger partial charge on any atom is 0.433 e. The van der Waals surface area contributed by atoms with E-state index < -0.39 is 30.1 Å². The first kappa shape index (κ1) is 22.2. The van der Waals surface area contributed by atoms with Gasteiger partial charge in [0.05, 0.1) is 16.6 Å². The number of esters is 1. The molecule has 0 radical (unpaired) electrons. The second-order valence-electron chi connectivity index (χ2n) is 5.01. The molecule has 142 valence electrons. The number of hydrogen-bond acceptors (Lipinski definition) is 6. The smallest absolute Gasteiger partial charge is 0.426 e. The molecule has 0 unspecified atom stereocenters. The summed E-state index contributed by atoms with van der Waals surface area (Å²) in [7, 11) is 0. The Balaban J connectivity index is 2.95. The summed E-state index contributed by atoms with van der Waals surface area (Å²) in [6.45, 7) is 6.01. The van der Waals surface area contributed by atoms with Crippen molar-refractivity contribution in [1.29, 1.82) is 0 Å². The van der Waals surface area contributed by atoms with Gasteiger partial charge < -0.3 is 10.5 Å². The van der Waals surface area contributed by atoms with Crippen LogP contribution in [0.15, 0.2) is 41.5 Å². The van der Waals surface area contributed by atoms with Gasteiger partial charge >= 0.3 is 12.1 Å². The molecule has 0 aliphatic rings. The average Bonchev–Trinajstić information content (AvgIpc) is 2.52. The first-order valence-corrected chi connectivity index (χ1v) is 8.56. The molecule has 0 bridgehead atoms. The van der Waals surface area contributed by atoms with Gasteiger partial charge in [-0.05, 0) is 25.0 Å². The van der Waals surface area contributed by atoms with Crippen LogP contribution in [0.3, 0.4) is 0 Å². The SMILES string of the molecule is C=C(/C=C(\N=C(/C)SCc1c(C)cncc1Cl)C(F)(F)F)OC(=O)CN. The number of carbonyl (C=O) groups is 1. The van der Waals surface area contributed by atoms with Gasteiger partial charge in [0.15, 0.2) is 0 Å². The van der Waals surface area contributed by atoms with Gasteiger partial charge in [-0.15, -0.1) is 11.8 Å². The Kier molecular flexibility index (Phi) is 8.32. The second kappa shape index (κ2) is 9.75. The number of rotatable bonds is 6. The second-order valence-corrected chi connectivity index (χ2v) is 6.58. The maximum atomic E-state index is 13.1. The molecule has 1 aromatic heterocycles. The molecule has 0 saturated heterocycles. The zero-order chi connectivity index (χ0) is 19.9. The number of allylic oxidation sites excluding steroid dienone is 2. The van der Waals surface area contributed by atoms with Crippen LogP contribution >= 0.6 is 23.4 Å². The van der Waals surface area contributed by atoms with Gasteiger partial charge in [0.1, 0.15) is 11.5 Å². The highest BCUT2D eigenvalue weighted by molar-refractivity contribution is 8.13. The van der Waals surface area contributed by atoms with Crippen LogP contribution in [-0.2, 0) is 15.3 Å². The van der Waals surface area contributed by atoms with E-state index in [0.717, 1.165) is 22.9 Å². The number of alkyl halides is 3. The van der Waals surface area contributed by atoms with Crippen LogP contribution in [-0.4, -0.2) is 28.7 Å². The van der Waals surface area contributed by atoms with Gasteiger partial charge in [0.2, 0.25) is 0 Å². The number of hydrogen-bond donors (Lipinski definition) is 1. The van der Waals surface area contributed by atoms with Crippen LogP contribution in [0.4, 0.5) is 13.2 Å². The lowest BCUT2D eigenvalue weighted by molar-refractivity contribution is -0.137. The van der Waals surface area contributed by atoms with E-state index in [1.807, 2.05) is 0 Å². The third-order valence-electron chi connectivity index (χ3n) is 2.92. The maximum absolute atomic E-state index is 13.1. The number of aliphatic imine (C=N–C) groups is 1. The zero-order valence-electron chi connectivity index (χ0n) is 14.1. The van der Waals surface area contributed by atoms with E-state index in [1.54, 1.807) is 13.1 Å². The van der Waals surface area contributed by atoms with Crippen molar-refractivity contribution in [2.24, 2.45) is 10.7 Å². The molecule has 0 aliphatic carbocycles. The lowest BCUT2D eigenvalue weighted by atomic mass is 10.2. The number of nitrogens with zero attached hydrogens (tertiary/aromatic N) is 2. The Labute approximate surface area is 158 Å². The van der Waals surface area contributed by atoms with Crippen LogP contribution < -0.4 is 5.73 Å². The molecule has 1 rings (SSSR count). The fourth-order valence-electron chi connectivity index (χ4n) is 1.67. The normalized spacial score (nSPS) is 12.9. The Hall–Kier alpha value is -1.84. The lowest BCUT2D eigenvalue weighted by Crippen LogP contribution is -2.17. The predicted molar refractivity (Wildman–Crippen MR) is 96.8 cm³/mol. The van der Waals surface area contributed by atoms with Gasteiger partial charge in [-0.25, -0.2) is 4.99 Å². The molecule has 0 spiro atoms. The minimum absolute atomic E-state index is 0.152. The number of aromatic nitrogens is 1. The van der Waals surface area contributed by atoms with E-state index in [2.05, 4.69) is 21.3 Å². The lowest BCUT2D eigenvalue weighted by Gasteiger charge is -2.11. The van der Waals surface area contributed by atoms with Crippen molar-refractivity contribution in [3.63, 3.8) is 0 Å². The van der Waals surface area contributed by atoms with Crippen molar-refractivity contribution >= 4 is 34.4 Å². The summed E-state index contributed by atoms with van der Waals surface area (Å²) in [4.78, 5) is 18.5. The third-order valence-corrected chi connectivity index (χ3v) is 4.19. The average molecular weight is 408 g/mol. The van der Waals surface area contributed by atoms with Gasteiger partial charge in [0, 0.05) is 24.2 Å². The number of aryl methyl sites for hydroxylation is 1. The van der Waals surface area contributed by atoms with Crippen molar-refractivity contribution in [2.75, 3.05) is 6.54 Å². The molecular formula is C16H17ClF3N3O2S. The Bertz CT molecular complexity index is 728. The van der Waals surface area contributed by atoms with Crippen molar-refractivity contribution in [2.45, 2.75) is 25.8 Å². The van der Waals surface area contributed by atoms with E-state index in [0.29, 0.717) is 16.9 Å². The standard InChI is InChI=1S/C16H17ClF3N3O2S/c1-9-6-22-7-13(17)12(9)8-26-11(3)23-14(16(18,19)20)4-10(2)25-15(24)5-21/h4,6-7H,2,5,8,21H2,1,3H3/b14-4-,23-11+. The van der Waals surface area contributed by atoms with E-state index in [4.69, 9.17) is 17.3 Å². The van der Waals surface area contributed by atoms with Crippen molar-refractivity contribution in [3.05, 3.63) is 52.7 Å². The molecule has 1 heterocycles. The van der Waals surface area contributed by atoms with Gasteiger partial charge in [-0.1, -0.05) is 18.2 Å². The van der Waals surface area contributed by atoms with Gasteiger partial charge in [-0.2, -0.15) is 13.2 Å². The van der Waals surface area contributed by atoms with Crippen molar-refractivity contribution < 1.29 is 22.7 Å². The van der Waals surface area contributed by atoms with Crippen molar-refractivity contribution in [3.8, 4) is 0 Å². The summed E-state index contributed by atoms with van der Waals surface area (Å²) in [5, 5.41) is 0.581. The van der Waals surface area contributed by atoms with Crippen LogP contribution in [0.25, 0.3) is 0 Å². The monoisotopic (exact) mass is 407 g/mol.